The first-order valence-corrected chi connectivity index (χ1v) is 5.22. The van der Waals surface area contributed by atoms with Gasteiger partial charge in [-0.3, -0.25) is 10.9 Å². The van der Waals surface area contributed by atoms with Crippen LogP contribution in [0.1, 0.15) is 26.3 Å². The van der Waals surface area contributed by atoms with Crippen LogP contribution < -0.4 is 16.6 Å². The maximum atomic E-state index is 5.30. The molecule has 0 amide bonds. The molecule has 0 aliphatic carbocycles. The highest BCUT2D eigenvalue weighted by atomic mass is 32.1. The summed E-state index contributed by atoms with van der Waals surface area (Å²) in [5.74, 6) is 0. The maximum absolute atomic E-state index is 5.30. The molecule has 0 bridgehead atoms. The summed E-state index contributed by atoms with van der Waals surface area (Å²) >= 11 is 4.68. The average molecular weight is 223 g/mol. The van der Waals surface area contributed by atoms with Gasteiger partial charge in [0.25, 0.3) is 0 Å². The predicted octanol–water partition coefficient (Wildman–Crippen LogP) is 2.14. The summed E-state index contributed by atoms with van der Waals surface area (Å²) in [7, 11) is 0. The van der Waals surface area contributed by atoms with Crippen molar-refractivity contribution in [2.75, 3.05) is 5.43 Å². The Bertz CT molecular complexity index is 338. The molecule has 0 heterocycles. The van der Waals surface area contributed by atoms with E-state index in [4.69, 9.17) is 5.73 Å². The number of nitrogens with one attached hydrogen (secondary N) is 2. The van der Waals surface area contributed by atoms with Gasteiger partial charge in [0.2, 0.25) is 0 Å². The summed E-state index contributed by atoms with van der Waals surface area (Å²) in [6, 6.07) is 8.16. The number of nitrogens with two attached hydrogens (primary N) is 1. The molecular weight excluding hydrogens is 206 g/mol. The van der Waals surface area contributed by atoms with Crippen molar-refractivity contribution in [1.29, 1.82) is 0 Å². The Morgan fingerprint density at radius 2 is 1.73 bits per heavy atom. The van der Waals surface area contributed by atoms with Crippen LogP contribution in [-0.4, -0.2) is 5.11 Å². The maximum Gasteiger partial charge on any atom is 0.182 e. The van der Waals surface area contributed by atoms with E-state index in [-0.39, 0.29) is 10.5 Å². The minimum absolute atomic E-state index is 0.176. The molecule has 0 spiro atoms. The minimum atomic E-state index is 0.176. The third-order valence-electron chi connectivity index (χ3n) is 2.08. The molecule has 1 aromatic carbocycles. The molecule has 3 nitrogen and oxygen atoms in total. The van der Waals surface area contributed by atoms with Crippen LogP contribution >= 0.6 is 12.2 Å². The second-order valence-corrected chi connectivity index (χ2v) is 4.88. The molecule has 0 radical (unpaired) electrons. The summed E-state index contributed by atoms with van der Waals surface area (Å²) < 4.78 is 0. The van der Waals surface area contributed by atoms with E-state index < -0.39 is 0 Å². The Balaban J connectivity index is 2.69. The van der Waals surface area contributed by atoms with E-state index in [1.165, 1.54) is 5.56 Å². The van der Waals surface area contributed by atoms with Gasteiger partial charge in [0.1, 0.15) is 0 Å². The van der Waals surface area contributed by atoms with E-state index >= 15 is 0 Å². The zero-order valence-corrected chi connectivity index (χ0v) is 10.1. The molecule has 4 N–H and O–H groups in total. The summed E-state index contributed by atoms with van der Waals surface area (Å²) in [5.41, 5.74) is 13.3. The number of hydrazine groups is 1. The van der Waals surface area contributed by atoms with Gasteiger partial charge in [0, 0.05) is 0 Å². The summed E-state index contributed by atoms with van der Waals surface area (Å²) in [5, 5.41) is 0.231. The molecule has 0 aliphatic heterocycles. The highest BCUT2D eigenvalue weighted by Crippen LogP contribution is 2.23. The van der Waals surface area contributed by atoms with Crippen LogP contribution in [0.15, 0.2) is 24.3 Å². The van der Waals surface area contributed by atoms with Gasteiger partial charge in [-0.15, -0.1) is 0 Å². The quantitative estimate of drug-likeness (QED) is 0.531. The zero-order chi connectivity index (χ0) is 11.5. The molecule has 1 rings (SSSR count). The molecule has 0 atom stereocenters. The second-order valence-electron chi connectivity index (χ2n) is 4.44. The molecular formula is C11H17N3S. The lowest BCUT2D eigenvalue weighted by Crippen LogP contribution is -2.33. The lowest BCUT2D eigenvalue weighted by atomic mass is 9.87. The third-order valence-corrected chi connectivity index (χ3v) is 2.18. The van der Waals surface area contributed by atoms with Crippen molar-refractivity contribution in [2.45, 2.75) is 26.2 Å². The zero-order valence-electron chi connectivity index (χ0n) is 9.29. The highest BCUT2D eigenvalue weighted by molar-refractivity contribution is 7.80. The van der Waals surface area contributed by atoms with Crippen LogP contribution in [0.3, 0.4) is 0 Å². The first kappa shape index (κ1) is 11.8. The molecule has 4 heteroatoms. The molecule has 82 valence electrons. The van der Waals surface area contributed by atoms with Gasteiger partial charge < -0.3 is 5.73 Å². The Morgan fingerprint density at radius 1 is 1.20 bits per heavy atom. The molecule has 1 aromatic rings. The number of thiocarbonyl (C=S) groups is 1. The van der Waals surface area contributed by atoms with Gasteiger partial charge in [-0.05, 0) is 35.3 Å². The molecule has 0 aromatic heterocycles. The van der Waals surface area contributed by atoms with Crippen molar-refractivity contribution in [3.05, 3.63) is 29.8 Å². The van der Waals surface area contributed by atoms with Crippen LogP contribution in [0.4, 0.5) is 5.69 Å². The highest BCUT2D eigenvalue weighted by Gasteiger charge is 2.12. The largest absolute Gasteiger partial charge is 0.375 e. The van der Waals surface area contributed by atoms with Crippen LogP contribution in [-0.2, 0) is 5.41 Å². The average Bonchev–Trinajstić information content (AvgIpc) is 2.14. The van der Waals surface area contributed by atoms with Crippen LogP contribution in [0.25, 0.3) is 0 Å². The topological polar surface area (TPSA) is 50.1 Å². The fraction of sp³-hybridized carbons (Fsp3) is 0.364. The van der Waals surface area contributed by atoms with Crippen molar-refractivity contribution < 1.29 is 0 Å². The van der Waals surface area contributed by atoms with Gasteiger partial charge in [-0.1, -0.05) is 32.9 Å². The van der Waals surface area contributed by atoms with Gasteiger partial charge >= 0.3 is 0 Å². The van der Waals surface area contributed by atoms with Crippen LogP contribution in [0.2, 0.25) is 0 Å². The number of anilines is 1. The Labute approximate surface area is 96.0 Å². The standard InChI is InChI=1S/C11H17N3S/c1-11(2,3)8-4-6-9(7-5-8)13-14-10(12)15/h4-7,13H,1-3H3,(H3,12,14,15). The molecule has 0 unspecified atom stereocenters. The normalized spacial score (nSPS) is 10.9. The Hall–Kier alpha value is -1.29. The Kier molecular flexibility index (Phi) is 3.52. The lowest BCUT2D eigenvalue weighted by Gasteiger charge is -2.19. The number of hydrogen-bond donors (Lipinski definition) is 3. The fourth-order valence-electron chi connectivity index (χ4n) is 1.19. The van der Waals surface area contributed by atoms with E-state index in [2.05, 4.69) is 56.0 Å². The number of benzene rings is 1. The van der Waals surface area contributed by atoms with Crippen molar-refractivity contribution in [3.8, 4) is 0 Å². The molecule has 15 heavy (non-hydrogen) atoms. The molecule has 0 fully saturated rings. The van der Waals surface area contributed by atoms with Crippen LogP contribution in [0, 0.1) is 0 Å². The van der Waals surface area contributed by atoms with Crippen LogP contribution in [0.5, 0.6) is 0 Å². The minimum Gasteiger partial charge on any atom is -0.375 e. The molecule has 0 saturated heterocycles. The molecule has 0 aliphatic rings. The first-order valence-electron chi connectivity index (χ1n) is 4.81. The predicted molar refractivity (Wildman–Crippen MR) is 68.7 cm³/mol. The van der Waals surface area contributed by atoms with Crippen molar-refractivity contribution in [3.63, 3.8) is 0 Å². The van der Waals surface area contributed by atoms with Gasteiger partial charge in [-0.25, -0.2) is 0 Å². The second kappa shape index (κ2) is 4.49. The monoisotopic (exact) mass is 223 g/mol. The fourth-order valence-corrected chi connectivity index (χ4v) is 1.24. The summed E-state index contributed by atoms with van der Waals surface area (Å²) in [4.78, 5) is 0. The lowest BCUT2D eigenvalue weighted by molar-refractivity contribution is 0.590. The van der Waals surface area contributed by atoms with E-state index in [0.717, 1.165) is 5.69 Å². The van der Waals surface area contributed by atoms with E-state index in [1.54, 1.807) is 0 Å². The summed E-state index contributed by atoms with van der Waals surface area (Å²) in [6.07, 6.45) is 0. The number of rotatable bonds is 2. The molecule has 0 saturated carbocycles. The van der Waals surface area contributed by atoms with Crippen molar-refractivity contribution in [2.24, 2.45) is 5.73 Å². The van der Waals surface area contributed by atoms with E-state index in [9.17, 15) is 0 Å². The smallest absolute Gasteiger partial charge is 0.182 e. The van der Waals surface area contributed by atoms with E-state index in [1.807, 2.05) is 12.1 Å². The SMILES string of the molecule is CC(C)(C)c1ccc(NNC(N)=S)cc1. The van der Waals surface area contributed by atoms with Crippen molar-refractivity contribution in [1.82, 2.24) is 5.43 Å². The van der Waals surface area contributed by atoms with Gasteiger partial charge in [0.15, 0.2) is 5.11 Å². The number of hydrogen-bond acceptors (Lipinski definition) is 2. The van der Waals surface area contributed by atoms with Gasteiger partial charge in [0.05, 0.1) is 5.69 Å². The van der Waals surface area contributed by atoms with Gasteiger partial charge in [-0.2, -0.15) is 0 Å². The third kappa shape index (κ3) is 3.75. The Morgan fingerprint density at radius 3 is 2.13 bits per heavy atom. The first-order chi connectivity index (χ1) is 6.89. The van der Waals surface area contributed by atoms with E-state index in [0.29, 0.717) is 0 Å². The summed E-state index contributed by atoms with van der Waals surface area (Å²) in [6.45, 7) is 6.55. The van der Waals surface area contributed by atoms with Crippen molar-refractivity contribution >= 4 is 23.0 Å².